The Morgan fingerprint density at radius 1 is 1.22 bits per heavy atom. The predicted molar refractivity (Wildman–Crippen MR) is 102 cm³/mol. The van der Waals surface area contributed by atoms with Crippen LogP contribution in [0.5, 0.6) is 0 Å². The molecule has 0 unspecified atom stereocenters. The number of thioether (sulfide) groups is 1. The third kappa shape index (κ3) is 4.91. The first-order chi connectivity index (χ1) is 13.0. The number of hydrogen-bond donors (Lipinski definition) is 1. The molecule has 0 saturated heterocycles. The van der Waals surface area contributed by atoms with Crippen molar-refractivity contribution in [3.63, 3.8) is 0 Å². The number of nitrogens with one attached hydrogen (secondary N) is 1. The highest BCUT2D eigenvalue weighted by atomic mass is 32.2. The number of carbonyl (C=O) groups excluding carboxylic acids is 1. The fourth-order valence-corrected chi connectivity index (χ4v) is 2.99. The molecule has 2 aromatic carbocycles. The normalized spacial score (nSPS) is 10.6. The van der Waals surface area contributed by atoms with Crippen molar-refractivity contribution in [2.45, 2.75) is 18.6 Å². The summed E-state index contributed by atoms with van der Waals surface area (Å²) in [4.78, 5) is 22.4. The van der Waals surface area contributed by atoms with Crippen LogP contribution in [0, 0.1) is 17.0 Å². The number of nitrogens with zero attached hydrogens (tertiary/aromatic N) is 3. The molecular weight excluding hydrogens is 368 g/mol. The van der Waals surface area contributed by atoms with E-state index in [9.17, 15) is 14.9 Å². The number of nitro groups is 1. The highest BCUT2D eigenvalue weighted by molar-refractivity contribution is 7.99. The summed E-state index contributed by atoms with van der Waals surface area (Å²) >= 11 is 1.25. The van der Waals surface area contributed by atoms with Gasteiger partial charge in [-0.25, -0.2) is 0 Å². The largest absolute Gasteiger partial charge is 0.411 e. The summed E-state index contributed by atoms with van der Waals surface area (Å²) in [6.45, 7) is 1.93. The van der Waals surface area contributed by atoms with Crippen molar-refractivity contribution in [3.8, 4) is 11.5 Å². The van der Waals surface area contributed by atoms with Crippen molar-refractivity contribution in [2.24, 2.45) is 0 Å². The van der Waals surface area contributed by atoms with Crippen molar-refractivity contribution in [3.05, 3.63) is 64.2 Å². The zero-order chi connectivity index (χ0) is 19.2. The third-order valence-corrected chi connectivity index (χ3v) is 4.50. The Labute approximate surface area is 159 Å². The number of benzene rings is 2. The lowest BCUT2D eigenvalue weighted by molar-refractivity contribution is -0.384. The Kier molecular flexibility index (Phi) is 5.82. The Bertz CT molecular complexity index is 973. The summed E-state index contributed by atoms with van der Waals surface area (Å²) in [7, 11) is 0. The van der Waals surface area contributed by atoms with Crippen LogP contribution in [0.3, 0.4) is 0 Å². The third-order valence-electron chi connectivity index (χ3n) is 3.68. The second-order valence-corrected chi connectivity index (χ2v) is 6.69. The molecule has 1 amide bonds. The van der Waals surface area contributed by atoms with Crippen LogP contribution in [0.2, 0.25) is 0 Å². The van der Waals surface area contributed by atoms with Gasteiger partial charge in [-0.15, -0.1) is 10.2 Å². The lowest BCUT2D eigenvalue weighted by atomic mass is 10.2. The Morgan fingerprint density at radius 3 is 2.81 bits per heavy atom. The first-order valence-electron chi connectivity index (χ1n) is 8.09. The maximum absolute atomic E-state index is 12.0. The van der Waals surface area contributed by atoms with Crippen LogP contribution in [0.4, 0.5) is 11.4 Å². The molecule has 0 spiro atoms. The number of amides is 1. The van der Waals surface area contributed by atoms with Crippen LogP contribution >= 0.6 is 11.8 Å². The summed E-state index contributed by atoms with van der Waals surface area (Å²) in [5, 5.41) is 21.8. The van der Waals surface area contributed by atoms with Gasteiger partial charge in [-0.2, -0.15) is 0 Å². The van der Waals surface area contributed by atoms with Crippen LogP contribution in [0.1, 0.15) is 12.0 Å². The van der Waals surface area contributed by atoms with Crippen LogP contribution in [0.15, 0.2) is 58.2 Å². The molecule has 0 aliphatic rings. The maximum atomic E-state index is 12.0. The highest BCUT2D eigenvalue weighted by Crippen LogP contribution is 2.26. The molecule has 0 atom stereocenters. The van der Waals surface area contributed by atoms with Crippen molar-refractivity contribution < 1.29 is 14.1 Å². The van der Waals surface area contributed by atoms with Gasteiger partial charge in [0.2, 0.25) is 11.8 Å². The van der Waals surface area contributed by atoms with E-state index < -0.39 is 4.92 Å². The Balaban J connectivity index is 1.54. The molecule has 3 rings (SSSR count). The van der Waals surface area contributed by atoms with E-state index in [0.29, 0.717) is 16.5 Å². The second-order valence-electron chi connectivity index (χ2n) is 5.64. The molecule has 1 heterocycles. The van der Waals surface area contributed by atoms with Crippen LogP contribution < -0.4 is 5.32 Å². The SMILES string of the molecule is Cc1ccccc1NC(=O)CCSc1nnc(-c2cccc([N+](=O)[O-])c2)o1. The summed E-state index contributed by atoms with van der Waals surface area (Å²) < 4.78 is 5.51. The van der Waals surface area contributed by atoms with Gasteiger partial charge in [-0.1, -0.05) is 36.0 Å². The molecule has 9 heteroatoms. The quantitative estimate of drug-likeness (QED) is 0.371. The van der Waals surface area contributed by atoms with E-state index in [1.54, 1.807) is 12.1 Å². The van der Waals surface area contributed by atoms with Gasteiger partial charge in [0, 0.05) is 35.6 Å². The molecule has 1 aromatic heterocycles. The van der Waals surface area contributed by atoms with Gasteiger partial charge < -0.3 is 9.73 Å². The molecular formula is C18H16N4O4S. The number of para-hydroxylation sites is 1. The van der Waals surface area contributed by atoms with Gasteiger partial charge in [0.15, 0.2) is 0 Å². The molecule has 27 heavy (non-hydrogen) atoms. The summed E-state index contributed by atoms with van der Waals surface area (Å²) in [5.41, 5.74) is 2.21. The number of aromatic nitrogens is 2. The summed E-state index contributed by atoms with van der Waals surface area (Å²) in [5.74, 6) is 0.565. The minimum Gasteiger partial charge on any atom is -0.411 e. The van der Waals surface area contributed by atoms with Crippen molar-refractivity contribution in [2.75, 3.05) is 11.1 Å². The predicted octanol–water partition coefficient (Wildman–Crippen LogP) is 4.07. The highest BCUT2D eigenvalue weighted by Gasteiger charge is 2.13. The van der Waals surface area contributed by atoms with E-state index in [1.807, 2.05) is 31.2 Å². The van der Waals surface area contributed by atoms with Gasteiger partial charge in [-0.05, 0) is 24.6 Å². The lowest BCUT2D eigenvalue weighted by Crippen LogP contribution is -2.12. The molecule has 0 fully saturated rings. The van der Waals surface area contributed by atoms with Gasteiger partial charge in [0.25, 0.3) is 10.9 Å². The van der Waals surface area contributed by atoms with Crippen molar-refractivity contribution in [1.29, 1.82) is 0 Å². The number of hydrogen-bond acceptors (Lipinski definition) is 7. The minimum atomic E-state index is -0.484. The fourth-order valence-electron chi connectivity index (χ4n) is 2.29. The smallest absolute Gasteiger partial charge is 0.276 e. The molecule has 138 valence electrons. The number of anilines is 1. The molecule has 8 nitrogen and oxygen atoms in total. The zero-order valence-electron chi connectivity index (χ0n) is 14.4. The van der Waals surface area contributed by atoms with Gasteiger partial charge in [-0.3, -0.25) is 14.9 Å². The van der Waals surface area contributed by atoms with Crippen LogP contribution in [-0.4, -0.2) is 26.8 Å². The van der Waals surface area contributed by atoms with Gasteiger partial charge >= 0.3 is 0 Å². The maximum Gasteiger partial charge on any atom is 0.276 e. The fraction of sp³-hybridized carbons (Fsp3) is 0.167. The van der Waals surface area contributed by atoms with Gasteiger partial charge in [0.05, 0.1) is 4.92 Å². The first kappa shape index (κ1) is 18.6. The summed E-state index contributed by atoms with van der Waals surface area (Å²) in [6.07, 6.45) is 0.285. The van der Waals surface area contributed by atoms with Crippen molar-refractivity contribution >= 4 is 29.0 Å². The van der Waals surface area contributed by atoms with Gasteiger partial charge in [0.1, 0.15) is 0 Å². The lowest BCUT2D eigenvalue weighted by Gasteiger charge is -2.07. The molecule has 1 N–H and O–H groups in total. The number of non-ortho nitro benzene ring substituents is 1. The average Bonchev–Trinajstić information content (AvgIpc) is 3.13. The van der Waals surface area contributed by atoms with Crippen molar-refractivity contribution in [1.82, 2.24) is 10.2 Å². The van der Waals surface area contributed by atoms with Crippen LogP contribution in [0.25, 0.3) is 11.5 Å². The number of aryl methyl sites for hydroxylation is 1. The average molecular weight is 384 g/mol. The minimum absolute atomic E-state index is 0.0484. The van der Waals surface area contributed by atoms with E-state index >= 15 is 0 Å². The zero-order valence-corrected chi connectivity index (χ0v) is 15.2. The number of carbonyl (C=O) groups is 1. The van der Waals surface area contributed by atoms with E-state index in [1.165, 1.54) is 23.9 Å². The van der Waals surface area contributed by atoms with Crippen LogP contribution in [-0.2, 0) is 4.79 Å². The molecule has 0 aliphatic heterocycles. The van der Waals surface area contributed by atoms with E-state index in [0.717, 1.165) is 11.3 Å². The number of nitro benzene ring substituents is 1. The van der Waals surface area contributed by atoms with E-state index in [2.05, 4.69) is 15.5 Å². The molecule has 0 bridgehead atoms. The monoisotopic (exact) mass is 384 g/mol. The van der Waals surface area contributed by atoms with E-state index in [4.69, 9.17) is 4.42 Å². The number of rotatable bonds is 7. The molecule has 0 aliphatic carbocycles. The standard InChI is InChI=1S/C18H16N4O4S/c1-12-5-2-3-8-15(12)19-16(23)9-10-27-18-21-20-17(26-18)13-6-4-7-14(11-13)22(24)25/h2-8,11H,9-10H2,1H3,(H,19,23). The Morgan fingerprint density at radius 2 is 2.04 bits per heavy atom. The topological polar surface area (TPSA) is 111 Å². The molecule has 3 aromatic rings. The second kappa shape index (κ2) is 8.45. The molecule has 0 radical (unpaired) electrons. The van der Waals surface area contributed by atoms with E-state index in [-0.39, 0.29) is 23.9 Å². The Hall–Kier alpha value is -3.20. The first-order valence-corrected chi connectivity index (χ1v) is 9.08. The summed E-state index contributed by atoms with van der Waals surface area (Å²) in [6, 6.07) is 13.5. The molecule has 0 saturated carbocycles.